The minimum atomic E-state index is -0.755. The Morgan fingerprint density at radius 1 is 0.853 bits per heavy atom. The molecule has 34 heavy (non-hydrogen) atoms. The molecule has 2 aliphatic heterocycles. The third kappa shape index (κ3) is 3.01. The summed E-state index contributed by atoms with van der Waals surface area (Å²) in [7, 11) is 0. The minimum Gasteiger partial charge on any atom is -0.378 e. The molecular weight excluding hydrogens is 428 g/mol. The van der Waals surface area contributed by atoms with Gasteiger partial charge in [-0.15, -0.1) is 0 Å². The topological polar surface area (TPSA) is 66.9 Å². The number of nitrogens with zero attached hydrogens (tertiary/aromatic N) is 2. The first kappa shape index (κ1) is 21.5. The lowest BCUT2D eigenvalue weighted by molar-refractivity contribution is -0.154. The molecule has 3 atom stereocenters. The van der Waals surface area contributed by atoms with Crippen molar-refractivity contribution >= 4 is 17.7 Å². The van der Waals surface area contributed by atoms with Crippen LogP contribution in [0.5, 0.6) is 0 Å². The fraction of sp³-hybridized carbons (Fsp3) is 0.464. The smallest absolute Gasteiger partial charge is 0.246 e. The fourth-order valence-electron chi connectivity index (χ4n) is 6.77. The predicted molar refractivity (Wildman–Crippen MR) is 126 cm³/mol. The van der Waals surface area contributed by atoms with Gasteiger partial charge in [-0.05, 0) is 34.6 Å². The van der Waals surface area contributed by atoms with Gasteiger partial charge >= 0.3 is 0 Å². The van der Waals surface area contributed by atoms with Crippen LogP contribution in [0.25, 0.3) is 0 Å². The van der Waals surface area contributed by atoms with Gasteiger partial charge in [0.2, 0.25) is 17.7 Å². The van der Waals surface area contributed by atoms with Gasteiger partial charge in [0.1, 0.15) is 6.04 Å². The van der Waals surface area contributed by atoms with Gasteiger partial charge in [-0.2, -0.15) is 0 Å². The number of hydrogen-bond acceptors (Lipinski definition) is 4. The Hall–Kier alpha value is -2.99. The van der Waals surface area contributed by atoms with Crippen LogP contribution in [0.4, 0.5) is 0 Å². The summed E-state index contributed by atoms with van der Waals surface area (Å²) in [5, 5.41) is 0. The van der Waals surface area contributed by atoms with E-state index in [4.69, 9.17) is 4.74 Å². The molecule has 3 amide bonds. The highest BCUT2D eigenvalue weighted by Gasteiger charge is 2.63. The molecule has 6 heteroatoms. The van der Waals surface area contributed by atoms with Crippen LogP contribution < -0.4 is 0 Å². The van der Waals surface area contributed by atoms with Crippen LogP contribution in [0.15, 0.2) is 48.5 Å². The van der Waals surface area contributed by atoms with Crippen molar-refractivity contribution in [3.8, 4) is 0 Å². The molecule has 7 rings (SSSR count). The zero-order valence-electron chi connectivity index (χ0n) is 19.6. The summed E-state index contributed by atoms with van der Waals surface area (Å²) in [6.07, 6.45) is 0.475. The maximum absolute atomic E-state index is 14.1. The molecule has 0 spiro atoms. The highest BCUT2D eigenvalue weighted by atomic mass is 16.5. The molecule has 6 nitrogen and oxygen atoms in total. The van der Waals surface area contributed by atoms with Crippen LogP contribution in [-0.2, 0) is 19.1 Å². The summed E-state index contributed by atoms with van der Waals surface area (Å²) in [6, 6.07) is 15.7. The summed E-state index contributed by atoms with van der Waals surface area (Å²) >= 11 is 0. The van der Waals surface area contributed by atoms with E-state index in [1.165, 1.54) is 4.90 Å². The standard InChI is InChI=1S/C28H30N2O4/c1-16(2)15-21(26(31)29-11-13-34-14-12-29)30-27(32)24-22-17-7-3-4-8-18(17)23(25(24)28(30)33)20-10-6-5-9-19(20)22/h3-10,16,21-25H,11-15H2,1-2H3/t21-,22?,23?,24-,25-/m1/s1. The van der Waals surface area contributed by atoms with E-state index in [2.05, 4.69) is 24.3 Å². The van der Waals surface area contributed by atoms with Gasteiger partial charge < -0.3 is 9.64 Å². The third-order valence-electron chi connectivity index (χ3n) is 8.10. The highest BCUT2D eigenvalue weighted by molar-refractivity contribution is 6.10. The van der Waals surface area contributed by atoms with Crippen LogP contribution in [-0.4, -0.2) is 59.9 Å². The summed E-state index contributed by atoms with van der Waals surface area (Å²) in [4.78, 5) is 44.9. The molecule has 2 aromatic carbocycles. The first-order valence-electron chi connectivity index (χ1n) is 12.4. The summed E-state index contributed by atoms with van der Waals surface area (Å²) in [6.45, 7) is 6.04. The lowest BCUT2D eigenvalue weighted by atomic mass is 9.55. The normalized spacial score (nSPS) is 28.1. The summed E-state index contributed by atoms with van der Waals surface area (Å²) in [5.41, 5.74) is 4.59. The second-order valence-corrected chi connectivity index (χ2v) is 10.4. The van der Waals surface area contributed by atoms with Crippen molar-refractivity contribution in [2.75, 3.05) is 26.3 Å². The number of rotatable bonds is 4. The van der Waals surface area contributed by atoms with E-state index < -0.39 is 17.9 Å². The number of ether oxygens (including phenoxy) is 1. The van der Waals surface area contributed by atoms with Crippen molar-refractivity contribution in [3.63, 3.8) is 0 Å². The summed E-state index contributed by atoms with van der Waals surface area (Å²) < 4.78 is 5.42. The van der Waals surface area contributed by atoms with Gasteiger partial charge in [-0.1, -0.05) is 62.4 Å². The molecule has 2 aromatic rings. The number of hydrogen-bond donors (Lipinski definition) is 0. The Morgan fingerprint density at radius 3 is 1.71 bits per heavy atom. The first-order valence-corrected chi connectivity index (χ1v) is 12.4. The van der Waals surface area contributed by atoms with Gasteiger partial charge in [0.15, 0.2) is 0 Å². The second-order valence-electron chi connectivity index (χ2n) is 10.4. The average molecular weight is 459 g/mol. The minimum absolute atomic E-state index is 0.125. The molecule has 0 unspecified atom stereocenters. The largest absolute Gasteiger partial charge is 0.378 e. The van der Waals surface area contributed by atoms with E-state index in [9.17, 15) is 14.4 Å². The van der Waals surface area contributed by atoms with E-state index in [0.717, 1.165) is 22.3 Å². The molecule has 2 saturated heterocycles. The van der Waals surface area contributed by atoms with Gasteiger partial charge in [0.25, 0.3) is 0 Å². The molecule has 2 heterocycles. The Bertz CT molecular complexity index is 1050. The molecule has 0 aromatic heterocycles. The molecular formula is C28H30N2O4. The SMILES string of the molecule is CC(C)C[C@H](C(=O)N1CCOCC1)N1C(=O)[C@@H]2C3c4ccccc4C(c4ccccc43)[C@H]2C1=O. The van der Waals surface area contributed by atoms with E-state index in [0.29, 0.717) is 32.7 Å². The molecule has 2 fully saturated rings. The molecule has 0 radical (unpaired) electrons. The maximum atomic E-state index is 14.1. The van der Waals surface area contributed by atoms with E-state index in [1.807, 2.05) is 38.1 Å². The molecule has 0 saturated carbocycles. The van der Waals surface area contributed by atoms with Crippen molar-refractivity contribution in [1.29, 1.82) is 0 Å². The number of imide groups is 1. The van der Waals surface area contributed by atoms with Crippen molar-refractivity contribution in [2.24, 2.45) is 17.8 Å². The van der Waals surface area contributed by atoms with Crippen molar-refractivity contribution < 1.29 is 19.1 Å². The lowest BCUT2D eigenvalue weighted by Crippen LogP contribution is -2.54. The van der Waals surface area contributed by atoms with Crippen molar-refractivity contribution in [1.82, 2.24) is 9.80 Å². The number of carbonyl (C=O) groups is 3. The maximum Gasteiger partial charge on any atom is 0.246 e. The van der Waals surface area contributed by atoms with Gasteiger partial charge in [0.05, 0.1) is 25.0 Å². The van der Waals surface area contributed by atoms with E-state index in [-0.39, 0.29) is 35.5 Å². The van der Waals surface area contributed by atoms with Crippen LogP contribution in [0.3, 0.4) is 0 Å². The Labute approximate surface area is 199 Å². The molecule has 2 bridgehead atoms. The van der Waals surface area contributed by atoms with Gasteiger partial charge in [0, 0.05) is 24.9 Å². The Morgan fingerprint density at radius 2 is 1.29 bits per heavy atom. The highest BCUT2D eigenvalue weighted by Crippen LogP contribution is 2.61. The van der Waals surface area contributed by atoms with Crippen molar-refractivity contribution in [3.05, 3.63) is 70.8 Å². The van der Waals surface area contributed by atoms with Crippen LogP contribution in [0, 0.1) is 17.8 Å². The van der Waals surface area contributed by atoms with Gasteiger partial charge in [-0.25, -0.2) is 0 Å². The van der Waals surface area contributed by atoms with Gasteiger partial charge in [-0.3, -0.25) is 19.3 Å². The average Bonchev–Trinajstić information content (AvgIpc) is 3.13. The van der Waals surface area contributed by atoms with E-state index in [1.54, 1.807) is 4.90 Å². The van der Waals surface area contributed by atoms with E-state index >= 15 is 0 Å². The monoisotopic (exact) mass is 458 g/mol. The number of likely N-dealkylation sites (tertiary alicyclic amines) is 1. The van der Waals surface area contributed by atoms with Crippen LogP contribution >= 0.6 is 0 Å². The zero-order valence-corrected chi connectivity index (χ0v) is 19.6. The summed E-state index contributed by atoms with van der Waals surface area (Å²) in [5.74, 6) is -1.51. The lowest BCUT2D eigenvalue weighted by Gasteiger charge is -2.45. The fourth-order valence-corrected chi connectivity index (χ4v) is 6.77. The quantitative estimate of drug-likeness (QED) is 0.661. The molecule has 3 aliphatic carbocycles. The predicted octanol–water partition coefficient (Wildman–Crippen LogP) is 3.15. The van der Waals surface area contributed by atoms with Crippen molar-refractivity contribution in [2.45, 2.75) is 38.1 Å². The number of carbonyl (C=O) groups excluding carboxylic acids is 3. The first-order chi connectivity index (χ1) is 16.5. The Balaban J connectivity index is 1.44. The van der Waals surface area contributed by atoms with Crippen LogP contribution in [0.1, 0.15) is 54.4 Å². The third-order valence-corrected chi connectivity index (χ3v) is 8.10. The number of morpholine rings is 1. The second kappa shape index (κ2) is 8.05. The molecule has 176 valence electrons. The Kier molecular flexibility index (Phi) is 5.10. The number of benzene rings is 2. The molecule has 0 N–H and O–H groups in total. The van der Waals surface area contributed by atoms with Crippen LogP contribution in [0.2, 0.25) is 0 Å². The number of amides is 3. The molecule has 5 aliphatic rings. The zero-order chi connectivity index (χ0) is 23.6.